The molecule has 0 bridgehead atoms. The van der Waals surface area contributed by atoms with E-state index >= 15 is 0 Å². The number of aromatic nitrogens is 2. The van der Waals surface area contributed by atoms with Crippen molar-refractivity contribution in [2.24, 2.45) is 0 Å². The first-order valence-electron chi connectivity index (χ1n) is 8.08. The Labute approximate surface area is 150 Å². The number of carbonyl (C=O) groups excluding carboxylic acids is 1. The van der Waals surface area contributed by atoms with Crippen LogP contribution in [0.4, 0.5) is 5.82 Å². The zero-order chi connectivity index (χ0) is 18.5. The lowest BCUT2D eigenvalue weighted by Gasteiger charge is -2.16. The molecule has 0 radical (unpaired) electrons. The number of carbonyl (C=O) groups is 1. The molecule has 1 heterocycles. The molecule has 0 aliphatic carbocycles. The largest absolute Gasteiger partial charge is 0.493 e. The van der Waals surface area contributed by atoms with Crippen LogP contribution >= 0.6 is 0 Å². The minimum Gasteiger partial charge on any atom is -0.493 e. The van der Waals surface area contributed by atoms with Gasteiger partial charge in [-0.25, -0.2) is 4.63 Å². The number of para-hydroxylation sites is 2. The van der Waals surface area contributed by atoms with Gasteiger partial charge in [-0.3, -0.25) is 4.79 Å². The number of anilines is 1. The molecule has 0 aliphatic rings. The smallest absolute Gasteiger partial charge is 0.266 e. The fourth-order valence-corrected chi connectivity index (χ4v) is 2.35. The number of aryl methyl sites for hydroxylation is 1. The van der Waals surface area contributed by atoms with E-state index in [-0.39, 0.29) is 11.7 Å². The molecule has 0 aliphatic heterocycles. The average Bonchev–Trinajstić information content (AvgIpc) is 3.10. The molecular formula is C19H19N3O4. The molecule has 26 heavy (non-hydrogen) atoms. The van der Waals surface area contributed by atoms with Gasteiger partial charge >= 0.3 is 0 Å². The van der Waals surface area contributed by atoms with Crippen molar-refractivity contribution in [3.63, 3.8) is 0 Å². The Balaban J connectivity index is 1.72. The number of hydrogen-bond donors (Lipinski definition) is 1. The summed E-state index contributed by atoms with van der Waals surface area (Å²) in [5, 5.41) is 10.3. The van der Waals surface area contributed by atoms with E-state index in [9.17, 15) is 4.79 Å². The lowest BCUT2D eigenvalue weighted by molar-refractivity contribution is -0.122. The molecular weight excluding hydrogens is 334 g/mol. The third-order valence-corrected chi connectivity index (χ3v) is 3.80. The van der Waals surface area contributed by atoms with Gasteiger partial charge in [0.15, 0.2) is 23.3 Å². The number of hydrogen-bond acceptors (Lipinski definition) is 6. The second-order valence-electron chi connectivity index (χ2n) is 5.73. The quantitative estimate of drug-likeness (QED) is 0.730. The van der Waals surface area contributed by atoms with Gasteiger partial charge < -0.3 is 14.8 Å². The summed E-state index contributed by atoms with van der Waals surface area (Å²) in [5.74, 6) is 0.902. The van der Waals surface area contributed by atoms with Crippen LogP contribution < -0.4 is 14.8 Å². The highest BCUT2D eigenvalue weighted by molar-refractivity contribution is 5.96. The minimum absolute atomic E-state index is 0.245. The van der Waals surface area contributed by atoms with Gasteiger partial charge in [0.25, 0.3) is 5.91 Å². The maximum absolute atomic E-state index is 12.5. The van der Waals surface area contributed by atoms with E-state index in [1.807, 2.05) is 37.3 Å². The summed E-state index contributed by atoms with van der Waals surface area (Å²) in [6, 6.07) is 14.8. The van der Waals surface area contributed by atoms with E-state index in [4.69, 9.17) is 14.1 Å². The lowest BCUT2D eigenvalue weighted by atomic mass is 10.1. The van der Waals surface area contributed by atoms with Crippen LogP contribution in [0.1, 0.15) is 12.5 Å². The third-order valence-electron chi connectivity index (χ3n) is 3.80. The summed E-state index contributed by atoms with van der Waals surface area (Å²) in [6.07, 6.45) is -0.770. The molecule has 7 nitrogen and oxygen atoms in total. The number of nitrogens with zero attached hydrogens (tertiary/aromatic N) is 2. The Morgan fingerprint density at radius 1 is 1.08 bits per heavy atom. The number of rotatable bonds is 6. The molecule has 1 aromatic heterocycles. The summed E-state index contributed by atoms with van der Waals surface area (Å²) in [7, 11) is 1.54. The second-order valence-corrected chi connectivity index (χ2v) is 5.73. The van der Waals surface area contributed by atoms with Crippen molar-refractivity contribution in [3.8, 4) is 22.8 Å². The Morgan fingerprint density at radius 3 is 2.46 bits per heavy atom. The lowest BCUT2D eigenvalue weighted by Crippen LogP contribution is -2.30. The highest BCUT2D eigenvalue weighted by atomic mass is 16.6. The van der Waals surface area contributed by atoms with Crippen LogP contribution in [-0.2, 0) is 4.79 Å². The van der Waals surface area contributed by atoms with Crippen LogP contribution in [0, 0.1) is 6.92 Å². The summed E-state index contributed by atoms with van der Waals surface area (Å²) in [6.45, 7) is 3.63. The maximum atomic E-state index is 12.5. The first kappa shape index (κ1) is 17.5. The number of ether oxygens (including phenoxy) is 2. The first-order valence-corrected chi connectivity index (χ1v) is 8.08. The molecule has 1 amide bonds. The maximum Gasteiger partial charge on any atom is 0.266 e. The minimum atomic E-state index is -0.770. The normalized spacial score (nSPS) is 11.7. The third kappa shape index (κ3) is 3.83. The predicted molar refractivity (Wildman–Crippen MR) is 96.2 cm³/mol. The fraction of sp³-hybridized carbons (Fsp3) is 0.211. The Kier molecular flexibility index (Phi) is 5.17. The van der Waals surface area contributed by atoms with E-state index in [1.165, 1.54) is 0 Å². The van der Waals surface area contributed by atoms with Gasteiger partial charge in [0.2, 0.25) is 5.82 Å². The molecule has 134 valence electrons. The molecule has 0 saturated heterocycles. The zero-order valence-corrected chi connectivity index (χ0v) is 14.7. The predicted octanol–water partition coefficient (Wildman–Crippen LogP) is 3.46. The molecule has 3 aromatic rings. The summed E-state index contributed by atoms with van der Waals surface area (Å²) in [4.78, 5) is 12.5. The van der Waals surface area contributed by atoms with E-state index < -0.39 is 6.10 Å². The van der Waals surface area contributed by atoms with Gasteiger partial charge in [-0.15, -0.1) is 0 Å². The van der Waals surface area contributed by atoms with Crippen LogP contribution in [0.15, 0.2) is 53.2 Å². The van der Waals surface area contributed by atoms with Crippen LogP contribution in [0.3, 0.4) is 0 Å². The van der Waals surface area contributed by atoms with Crippen LogP contribution in [-0.4, -0.2) is 29.4 Å². The van der Waals surface area contributed by atoms with Crippen LogP contribution in [0.25, 0.3) is 11.3 Å². The summed E-state index contributed by atoms with van der Waals surface area (Å²) < 4.78 is 15.7. The van der Waals surface area contributed by atoms with Crippen LogP contribution in [0.5, 0.6) is 11.5 Å². The monoisotopic (exact) mass is 353 g/mol. The van der Waals surface area contributed by atoms with Gasteiger partial charge in [0.05, 0.1) is 7.11 Å². The molecule has 0 unspecified atom stereocenters. The molecule has 1 N–H and O–H groups in total. The zero-order valence-electron chi connectivity index (χ0n) is 14.7. The molecule has 2 aromatic carbocycles. The number of nitrogens with one attached hydrogen (secondary N) is 1. The molecule has 0 spiro atoms. The van der Waals surface area contributed by atoms with Gasteiger partial charge in [0, 0.05) is 5.56 Å². The van der Waals surface area contributed by atoms with Crippen molar-refractivity contribution in [2.75, 3.05) is 12.4 Å². The van der Waals surface area contributed by atoms with Crippen LogP contribution in [0.2, 0.25) is 0 Å². The van der Waals surface area contributed by atoms with Crippen molar-refractivity contribution in [1.82, 2.24) is 10.3 Å². The van der Waals surface area contributed by atoms with Crippen molar-refractivity contribution >= 4 is 11.7 Å². The van der Waals surface area contributed by atoms with Gasteiger partial charge in [-0.2, -0.15) is 0 Å². The average molecular weight is 353 g/mol. The van der Waals surface area contributed by atoms with E-state index in [0.29, 0.717) is 17.2 Å². The molecule has 0 saturated carbocycles. The van der Waals surface area contributed by atoms with Gasteiger partial charge in [-0.05, 0) is 36.3 Å². The van der Waals surface area contributed by atoms with Crippen molar-refractivity contribution in [3.05, 3.63) is 54.1 Å². The molecule has 0 fully saturated rings. The Morgan fingerprint density at radius 2 is 1.77 bits per heavy atom. The Bertz CT molecular complexity index is 890. The van der Waals surface area contributed by atoms with Crippen molar-refractivity contribution in [2.45, 2.75) is 20.0 Å². The number of amides is 1. The fourth-order valence-electron chi connectivity index (χ4n) is 2.35. The molecule has 3 rings (SSSR count). The molecule has 1 atom stereocenters. The standard InChI is InChI=1S/C19H19N3O4/c1-12-8-10-14(11-9-12)17-18(22-26-21-17)20-19(23)13(2)25-16-7-5-4-6-15(16)24-3/h4-11,13H,1-3H3,(H,20,22,23)/t13-/m0/s1. The number of methoxy groups -OCH3 is 1. The highest BCUT2D eigenvalue weighted by Gasteiger charge is 2.21. The number of benzene rings is 2. The second kappa shape index (κ2) is 7.69. The SMILES string of the molecule is COc1ccccc1O[C@@H](C)C(=O)Nc1nonc1-c1ccc(C)cc1. The molecule has 7 heteroatoms. The van der Waals surface area contributed by atoms with Crippen molar-refractivity contribution < 1.29 is 18.9 Å². The van der Waals surface area contributed by atoms with Crippen molar-refractivity contribution in [1.29, 1.82) is 0 Å². The first-order chi connectivity index (χ1) is 12.6. The summed E-state index contributed by atoms with van der Waals surface area (Å²) in [5.41, 5.74) is 2.38. The summed E-state index contributed by atoms with van der Waals surface area (Å²) >= 11 is 0. The van der Waals surface area contributed by atoms with E-state index in [2.05, 4.69) is 15.6 Å². The highest BCUT2D eigenvalue weighted by Crippen LogP contribution is 2.28. The van der Waals surface area contributed by atoms with E-state index in [0.717, 1.165) is 11.1 Å². The Hall–Kier alpha value is -3.35. The topological polar surface area (TPSA) is 86.5 Å². The van der Waals surface area contributed by atoms with Gasteiger partial charge in [0.1, 0.15) is 0 Å². The van der Waals surface area contributed by atoms with E-state index in [1.54, 1.807) is 32.2 Å². The van der Waals surface area contributed by atoms with Gasteiger partial charge in [-0.1, -0.05) is 42.0 Å².